The number of carbonyl (C=O) groups excluding carboxylic acids is 3. The van der Waals surface area contributed by atoms with E-state index in [1.807, 2.05) is 0 Å². The van der Waals surface area contributed by atoms with Crippen LogP contribution in [0, 0.1) is 10.8 Å². The molecule has 1 spiro atoms. The van der Waals surface area contributed by atoms with Gasteiger partial charge in [-0.25, -0.2) is 9.59 Å². The lowest BCUT2D eigenvalue weighted by molar-refractivity contribution is -0.237. The van der Waals surface area contributed by atoms with Gasteiger partial charge in [0.1, 0.15) is 18.8 Å². The van der Waals surface area contributed by atoms with Gasteiger partial charge in [0.15, 0.2) is 11.9 Å². The molecule has 2 bridgehead atoms. The predicted molar refractivity (Wildman–Crippen MR) is 66.0 cm³/mol. The number of rotatable bonds is 0. The Morgan fingerprint density at radius 3 is 2.59 bits per heavy atom. The third-order valence-electron chi connectivity index (χ3n) is 5.74. The van der Waals surface area contributed by atoms with Crippen molar-refractivity contribution in [2.45, 2.75) is 37.3 Å². The summed E-state index contributed by atoms with van der Waals surface area (Å²) in [5.41, 5.74) is -4.90. The predicted octanol–water partition coefficient (Wildman–Crippen LogP) is -2.17. The van der Waals surface area contributed by atoms with Crippen LogP contribution in [0.25, 0.3) is 0 Å². The molecule has 3 fully saturated rings. The van der Waals surface area contributed by atoms with Gasteiger partial charge in [-0.05, 0) is 18.6 Å². The van der Waals surface area contributed by atoms with Gasteiger partial charge < -0.3 is 24.8 Å². The quantitative estimate of drug-likeness (QED) is 0.431. The first kappa shape index (κ1) is 13.9. The second-order valence-corrected chi connectivity index (χ2v) is 6.61. The standard InChI is InChI=1S/C14H14O8/c1-12-4-21-11(19)14(12,20)7-3-13(9(17)10(18)22-7)6(12)2-5(15)8(13)16/h2,7-9,16-17,20H,3-4H2,1H3/t7-,8+,9-,12+,13+,14-/m1/s1. The molecule has 3 N–H and O–H groups in total. The minimum Gasteiger partial charge on any atom is -0.462 e. The molecule has 6 atom stereocenters. The zero-order valence-corrected chi connectivity index (χ0v) is 11.6. The summed E-state index contributed by atoms with van der Waals surface area (Å²) in [7, 11) is 0. The van der Waals surface area contributed by atoms with Gasteiger partial charge in [-0.3, -0.25) is 4.79 Å². The highest BCUT2D eigenvalue weighted by atomic mass is 16.6. The fraction of sp³-hybridized carbons (Fsp3) is 0.643. The Morgan fingerprint density at radius 1 is 1.23 bits per heavy atom. The third-order valence-corrected chi connectivity index (χ3v) is 5.74. The highest BCUT2D eigenvalue weighted by molar-refractivity contribution is 6.02. The summed E-state index contributed by atoms with van der Waals surface area (Å²) < 4.78 is 9.98. The molecule has 0 unspecified atom stereocenters. The molecular weight excluding hydrogens is 296 g/mol. The highest BCUT2D eigenvalue weighted by Crippen LogP contribution is 2.65. The lowest BCUT2D eigenvalue weighted by atomic mass is 9.50. The minimum absolute atomic E-state index is 0.172. The fourth-order valence-electron chi connectivity index (χ4n) is 4.48. The summed E-state index contributed by atoms with van der Waals surface area (Å²) in [6.45, 7) is 1.28. The number of fused-ring (bicyclic) bond motifs is 4. The smallest absolute Gasteiger partial charge is 0.343 e. The molecule has 0 amide bonds. The molecule has 2 saturated heterocycles. The molecule has 0 aromatic rings. The SMILES string of the molecule is C[C@@]12COC(=O)[C@]1(O)[C@H]1C[C@@]3(C2=CC(=O)[C@@H]3O)[C@H](O)C(=O)O1. The van der Waals surface area contributed by atoms with Crippen LogP contribution in [0.2, 0.25) is 0 Å². The van der Waals surface area contributed by atoms with Crippen LogP contribution in [-0.4, -0.2) is 63.6 Å². The molecule has 4 rings (SSSR count). The van der Waals surface area contributed by atoms with Crippen LogP contribution in [0.4, 0.5) is 0 Å². The molecule has 22 heavy (non-hydrogen) atoms. The minimum atomic E-state index is -2.14. The van der Waals surface area contributed by atoms with Crippen molar-refractivity contribution in [3.05, 3.63) is 11.6 Å². The van der Waals surface area contributed by atoms with Crippen LogP contribution in [0.3, 0.4) is 0 Å². The van der Waals surface area contributed by atoms with E-state index in [4.69, 9.17) is 9.47 Å². The van der Waals surface area contributed by atoms with Crippen molar-refractivity contribution in [1.29, 1.82) is 0 Å². The molecule has 2 aliphatic heterocycles. The van der Waals surface area contributed by atoms with Crippen molar-refractivity contribution in [2.24, 2.45) is 10.8 Å². The number of carbonyl (C=O) groups is 3. The zero-order valence-electron chi connectivity index (χ0n) is 11.6. The first-order valence-corrected chi connectivity index (χ1v) is 6.92. The second-order valence-electron chi connectivity index (χ2n) is 6.61. The third kappa shape index (κ3) is 1.10. The molecule has 0 aromatic carbocycles. The summed E-state index contributed by atoms with van der Waals surface area (Å²) in [6.07, 6.45) is -3.77. The first-order chi connectivity index (χ1) is 10.2. The van der Waals surface area contributed by atoms with E-state index in [0.717, 1.165) is 6.08 Å². The summed E-state index contributed by atoms with van der Waals surface area (Å²) >= 11 is 0. The molecule has 8 nitrogen and oxygen atoms in total. The second kappa shape index (κ2) is 3.58. The average Bonchev–Trinajstić information content (AvgIpc) is 2.87. The number of ketones is 1. The van der Waals surface area contributed by atoms with Gasteiger partial charge in [0.05, 0.1) is 10.8 Å². The molecule has 118 valence electrons. The van der Waals surface area contributed by atoms with Gasteiger partial charge in [-0.1, -0.05) is 0 Å². The first-order valence-electron chi connectivity index (χ1n) is 6.92. The highest BCUT2D eigenvalue weighted by Gasteiger charge is 2.79. The maximum absolute atomic E-state index is 12.1. The van der Waals surface area contributed by atoms with Gasteiger partial charge in [0, 0.05) is 6.42 Å². The van der Waals surface area contributed by atoms with E-state index in [1.54, 1.807) is 0 Å². The number of esters is 2. The maximum Gasteiger partial charge on any atom is 0.343 e. The zero-order chi connectivity index (χ0) is 16.1. The monoisotopic (exact) mass is 310 g/mol. The molecule has 1 saturated carbocycles. The molecule has 0 aromatic heterocycles. The van der Waals surface area contributed by atoms with Gasteiger partial charge in [0.2, 0.25) is 5.60 Å². The summed E-state index contributed by atoms with van der Waals surface area (Å²) in [6, 6.07) is 0. The average molecular weight is 310 g/mol. The van der Waals surface area contributed by atoms with Crippen molar-refractivity contribution < 1.29 is 39.2 Å². The summed E-state index contributed by atoms with van der Waals surface area (Å²) in [5, 5.41) is 31.5. The fourth-order valence-corrected chi connectivity index (χ4v) is 4.48. The van der Waals surface area contributed by atoms with E-state index in [9.17, 15) is 29.7 Å². The molecule has 2 aliphatic carbocycles. The van der Waals surface area contributed by atoms with Crippen LogP contribution in [-0.2, 0) is 23.9 Å². The topological polar surface area (TPSA) is 130 Å². The van der Waals surface area contributed by atoms with Crippen LogP contribution < -0.4 is 0 Å². The lowest BCUT2D eigenvalue weighted by Gasteiger charge is -2.57. The van der Waals surface area contributed by atoms with Crippen molar-refractivity contribution in [3.63, 3.8) is 0 Å². The molecule has 2 heterocycles. The maximum atomic E-state index is 12.1. The van der Waals surface area contributed by atoms with Gasteiger partial charge in [-0.2, -0.15) is 0 Å². The number of hydrogen-bond acceptors (Lipinski definition) is 8. The Balaban J connectivity index is 2.02. The Bertz CT molecular complexity index is 668. The summed E-state index contributed by atoms with van der Waals surface area (Å²) in [4.78, 5) is 36.0. The normalized spacial score (nSPS) is 52.6. The Kier molecular flexibility index (Phi) is 2.26. The Labute approximate surface area is 124 Å². The van der Waals surface area contributed by atoms with E-state index in [0.29, 0.717) is 0 Å². The van der Waals surface area contributed by atoms with Crippen LogP contribution in [0.15, 0.2) is 11.6 Å². The van der Waals surface area contributed by atoms with E-state index >= 15 is 0 Å². The van der Waals surface area contributed by atoms with Crippen LogP contribution in [0.1, 0.15) is 13.3 Å². The number of hydrogen-bond donors (Lipinski definition) is 3. The van der Waals surface area contributed by atoms with E-state index in [2.05, 4.69) is 0 Å². The van der Waals surface area contributed by atoms with Gasteiger partial charge in [0.25, 0.3) is 0 Å². The van der Waals surface area contributed by atoms with Crippen molar-refractivity contribution in [1.82, 2.24) is 0 Å². The number of aliphatic hydroxyl groups excluding tert-OH is 2. The van der Waals surface area contributed by atoms with Gasteiger partial charge in [-0.15, -0.1) is 0 Å². The Hall–Kier alpha value is -1.77. The van der Waals surface area contributed by atoms with Crippen LogP contribution in [0.5, 0.6) is 0 Å². The lowest BCUT2D eigenvalue weighted by Crippen LogP contribution is -2.72. The molecule has 8 heteroatoms. The Morgan fingerprint density at radius 2 is 1.91 bits per heavy atom. The van der Waals surface area contributed by atoms with E-state index in [1.165, 1.54) is 6.92 Å². The molecule has 0 radical (unpaired) electrons. The number of cyclic esters (lactones) is 1. The van der Waals surface area contributed by atoms with Gasteiger partial charge >= 0.3 is 11.9 Å². The molecule has 4 aliphatic rings. The van der Waals surface area contributed by atoms with E-state index < -0.39 is 52.5 Å². The largest absolute Gasteiger partial charge is 0.462 e. The van der Waals surface area contributed by atoms with Crippen molar-refractivity contribution in [2.75, 3.05) is 6.61 Å². The van der Waals surface area contributed by atoms with Crippen LogP contribution >= 0.6 is 0 Å². The van der Waals surface area contributed by atoms with Crippen molar-refractivity contribution in [3.8, 4) is 0 Å². The number of ether oxygens (including phenoxy) is 2. The van der Waals surface area contributed by atoms with E-state index in [-0.39, 0.29) is 18.6 Å². The summed E-state index contributed by atoms with van der Waals surface area (Å²) in [5.74, 6) is -2.69. The molecular formula is C14H14O8. The van der Waals surface area contributed by atoms with Crippen molar-refractivity contribution >= 4 is 17.7 Å². The number of aliphatic hydroxyl groups is 3.